The summed E-state index contributed by atoms with van der Waals surface area (Å²) in [6, 6.07) is 0.476. The Labute approximate surface area is 88.2 Å². The average molecular weight is 203 g/mol. The van der Waals surface area contributed by atoms with E-state index in [2.05, 4.69) is 33.0 Å². The molecule has 3 heteroatoms. The second-order valence-corrected chi connectivity index (χ2v) is 4.09. The van der Waals surface area contributed by atoms with Gasteiger partial charge in [-0.3, -0.25) is 0 Å². The third-order valence-electron chi connectivity index (χ3n) is 2.32. The number of rotatable bonds is 8. The lowest BCUT2D eigenvalue weighted by atomic mass is 10.1. The smallest absolute Gasteiger partial charge is 0.0587 e. The number of nitrogens with one attached hydrogen (secondary N) is 1. The van der Waals surface area contributed by atoms with Gasteiger partial charge in [-0.1, -0.05) is 6.92 Å². The van der Waals surface area contributed by atoms with E-state index in [1.807, 2.05) is 0 Å². The Balaban J connectivity index is 3.49. The second kappa shape index (κ2) is 8.21. The predicted octanol–water partition coefficient (Wildman–Crippen LogP) is 1.67. The number of ether oxygens (including phenoxy) is 2. The zero-order chi connectivity index (χ0) is 11.0. The van der Waals surface area contributed by atoms with Crippen molar-refractivity contribution in [3.05, 3.63) is 0 Å². The fourth-order valence-electron chi connectivity index (χ4n) is 1.08. The lowest BCUT2D eigenvalue weighted by Crippen LogP contribution is -2.36. The van der Waals surface area contributed by atoms with Crippen LogP contribution in [0.2, 0.25) is 0 Å². The molecule has 0 spiro atoms. The molecule has 0 bridgehead atoms. The second-order valence-electron chi connectivity index (χ2n) is 4.09. The lowest BCUT2D eigenvalue weighted by Gasteiger charge is -2.22. The van der Waals surface area contributed by atoms with E-state index in [0.29, 0.717) is 18.1 Å². The fourth-order valence-corrected chi connectivity index (χ4v) is 1.08. The van der Waals surface area contributed by atoms with Crippen LogP contribution in [0.5, 0.6) is 0 Å². The summed E-state index contributed by atoms with van der Waals surface area (Å²) in [6.07, 6.45) is 0.323. The van der Waals surface area contributed by atoms with Crippen LogP contribution < -0.4 is 5.32 Å². The third kappa shape index (κ3) is 7.30. The van der Waals surface area contributed by atoms with Crippen LogP contribution in [0.4, 0.5) is 0 Å². The summed E-state index contributed by atoms with van der Waals surface area (Å²) < 4.78 is 10.5. The molecule has 0 heterocycles. The highest BCUT2D eigenvalue weighted by Crippen LogP contribution is 2.04. The number of hydrogen-bond donors (Lipinski definition) is 1. The van der Waals surface area contributed by atoms with Gasteiger partial charge in [-0.2, -0.15) is 0 Å². The summed E-state index contributed by atoms with van der Waals surface area (Å²) in [6.45, 7) is 11.0. The zero-order valence-corrected chi connectivity index (χ0v) is 10.2. The van der Waals surface area contributed by atoms with Crippen LogP contribution in [0, 0.1) is 5.92 Å². The summed E-state index contributed by atoms with van der Waals surface area (Å²) in [5.74, 6) is 0.536. The van der Waals surface area contributed by atoms with Crippen LogP contribution in [-0.2, 0) is 9.47 Å². The maximum Gasteiger partial charge on any atom is 0.0587 e. The van der Waals surface area contributed by atoms with Crippen molar-refractivity contribution in [2.24, 2.45) is 5.92 Å². The van der Waals surface area contributed by atoms with Gasteiger partial charge in [-0.05, 0) is 26.7 Å². The molecule has 2 unspecified atom stereocenters. The number of hydrogen-bond acceptors (Lipinski definition) is 3. The van der Waals surface area contributed by atoms with E-state index in [1.165, 1.54) is 0 Å². The average Bonchev–Trinajstić information content (AvgIpc) is 2.14. The summed E-state index contributed by atoms with van der Waals surface area (Å²) >= 11 is 0. The van der Waals surface area contributed by atoms with E-state index >= 15 is 0 Å². The standard InChI is InChI=1S/C11H25NO2/c1-9(2)14-8-10(3)11(4)12-6-7-13-5/h9-12H,6-8H2,1-5H3. The minimum absolute atomic E-state index is 0.323. The molecule has 14 heavy (non-hydrogen) atoms. The van der Waals surface area contributed by atoms with E-state index < -0.39 is 0 Å². The Morgan fingerprint density at radius 2 is 1.79 bits per heavy atom. The molecule has 0 fully saturated rings. The molecule has 0 radical (unpaired) electrons. The van der Waals surface area contributed by atoms with Gasteiger partial charge in [0, 0.05) is 19.7 Å². The van der Waals surface area contributed by atoms with Crippen molar-refractivity contribution < 1.29 is 9.47 Å². The molecule has 0 aliphatic carbocycles. The van der Waals surface area contributed by atoms with Crippen LogP contribution >= 0.6 is 0 Å². The van der Waals surface area contributed by atoms with Gasteiger partial charge in [0.05, 0.1) is 19.3 Å². The van der Waals surface area contributed by atoms with Crippen molar-refractivity contribution in [1.29, 1.82) is 0 Å². The summed E-state index contributed by atoms with van der Waals surface area (Å²) in [7, 11) is 1.72. The lowest BCUT2D eigenvalue weighted by molar-refractivity contribution is 0.0466. The van der Waals surface area contributed by atoms with Gasteiger partial charge in [-0.25, -0.2) is 0 Å². The Hall–Kier alpha value is -0.120. The van der Waals surface area contributed by atoms with E-state index in [9.17, 15) is 0 Å². The van der Waals surface area contributed by atoms with Crippen molar-refractivity contribution in [3.8, 4) is 0 Å². The van der Waals surface area contributed by atoms with E-state index in [-0.39, 0.29) is 0 Å². The van der Waals surface area contributed by atoms with Crippen molar-refractivity contribution in [3.63, 3.8) is 0 Å². The molecule has 0 aliphatic rings. The van der Waals surface area contributed by atoms with Gasteiger partial charge in [0.2, 0.25) is 0 Å². The molecule has 0 saturated heterocycles. The molecule has 0 aromatic carbocycles. The molecule has 0 aromatic rings. The summed E-state index contributed by atoms with van der Waals surface area (Å²) in [4.78, 5) is 0. The summed E-state index contributed by atoms with van der Waals surface area (Å²) in [5.41, 5.74) is 0. The normalized spacial score (nSPS) is 15.9. The van der Waals surface area contributed by atoms with Crippen LogP contribution in [-0.4, -0.2) is 39.0 Å². The Kier molecular flexibility index (Phi) is 8.14. The van der Waals surface area contributed by atoms with E-state index in [4.69, 9.17) is 9.47 Å². The molecular formula is C11H25NO2. The molecule has 0 aliphatic heterocycles. The van der Waals surface area contributed by atoms with Crippen molar-refractivity contribution in [1.82, 2.24) is 5.32 Å². The predicted molar refractivity (Wildman–Crippen MR) is 59.6 cm³/mol. The van der Waals surface area contributed by atoms with Gasteiger partial charge < -0.3 is 14.8 Å². The minimum atomic E-state index is 0.323. The van der Waals surface area contributed by atoms with Crippen LogP contribution in [0.3, 0.4) is 0 Å². The van der Waals surface area contributed by atoms with E-state index in [1.54, 1.807) is 7.11 Å². The topological polar surface area (TPSA) is 30.5 Å². The highest BCUT2D eigenvalue weighted by Gasteiger charge is 2.11. The van der Waals surface area contributed by atoms with Crippen molar-refractivity contribution in [2.45, 2.75) is 39.8 Å². The maximum absolute atomic E-state index is 5.56. The van der Waals surface area contributed by atoms with Crippen LogP contribution in [0.1, 0.15) is 27.7 Å². The SMILES string of the molecule is COCCNC(C)C(C)COC(C)C. The third-order valence-corrected chi connectivity index (χ3v) is 2.32. The first-order valence-electron chi connectivity index (χ1n) is 5.41. The van der Waals surface area contributed by atoms with E-state index in [0.717, 1.165) is 19.8 Å². The highest BCUT2D eigenvalue weighted by atomic mass is 16.5. The molecular weight excluding hydrogens is 178 g/mol. The molecule has 0 rings (SSSR count). The van der Waals surface area contributed by atoms with Gasteiger partial charge in [-0.15, -0.1) is 0 Å². The van der Waals surface area contributed by atoms with Crippen LogP contribution in [0.25, 0.3) is 0 Å². The van der Waals surface area contributed by atoms with Gasteiger partial charge in [0.15, 0.2) is 0 Å². The van der Waals surface area contributed by atoms with Gasteiger partial charge in [0.1, 0.15) is 0 Å². The molecule has 0 amide bonds. The molecule has 1 N–H and O–H groups in total. The highest BCUT2D eigenvalue weighted by molar-refractivity contribution is 4.67. The Morgan fingerprint density at radius 1 is 1.14 bits per heavy atom. The molecule has 0 saturated carbocycles. The monoisotopic (exact) mass is 203 g/mol. The van der Waals surface area contributed by atoms with Gasteiger partial charge in [0.25, 0.3) is 0 Å². The molecule has 86 valence electrons. The summed E-state index contributed by atoms with van der Waals surface area (Å²) in [5, 5.41) is 3.40. The van der Waals surface area contributed by atoms with Crippen molar-refractivity contribution in [2.75, 3.05) is 26.9 Å². The fraction of sp³-hybridized carbons (Fsp3) is 1.00. The molecule has 2 atom stereocenters. The largest absolute Gasteiger partial charge is 0.383 e. The zero-order valence-electron chi connectivity index (χ0n) is 10.2. The first-order chi connectivity index (χ1) is 6.57. The Morgan fingerprint density at radius 3 is 2.29 bits per heavy atom. The number of methoxy groups -OCH3 is 1. The first-order valence-corrected chi connectivity index (χ1v) is 5.41. The molecule has 0 aromatic heterocycles. The first kappa shape index (κ1) is 13.9. The van der Waals surface area contributed by atoms with Crippen molar-refractivity contribution >= 4 is 0 Å². The minimum Gasteiger partial charge on any atom is -0.383 e. The van der Waals surface area contributed by atoms with Crippen LogP contribution in [0.15, 0.2) is 0 Å². The Bertz CT molecular complexity index is 128. The maximum atomic E-state index is 5.56. The quantitative estimate of drug-likeness (QED) is 0.609. The van der Waals surface area contributed by atoms with Gasteiger partial charge >= 0.3 is 0 Å². The molecule has 3 nitrogen and oxygen atoms in total.